The summed E-state index contributed by atoms with van der Waals surface area (Å²) in [5, 5.41) is 3.59. The Morgan fingerprint density at radius 2 is 2.40 bits per heavy atom. The first-order valence-electron chi connectivity index (χ1n) is 3.71. The fourth-order valence-corrected chi connectivity index (χ4v) is 0.798. The summed E-state index contributed by atoms with van der Waals surface area (Å²) in [5.74, 6) is 0. The SMILES string of the molecule is CC[N]C(=O)OC1CCC1. The van der Waals surface area contributed by atoms with E-state index in [1.165, 1.54) is 6.42 Å². The van der Waals surface area contributed by atoms with E-state index in [0.29, 0.717) is 6.54 Å². The minimum Gasteiger partial charge on any atom is -0.445 e. The fourth-order valence-electron chi connectivity index (χ4n) is 0.798. The molecule has 1 saturated carbocycles. The van der Waals surface area contributed by atoms with Gasteiger partial charge in [-0.05, 0) is 26.2 Å². The van der Waals surface area contributed by atoms with Crippen LogP contribution in [0.2, 0.25) is 0 Å². The van der Waals surface area contributed by atoms with Crippen LogP contribution in [0.1, 0.15) is 26.2 Å². The summed E-state index contributed by atoms with van der Waals surface area (Å²) in [7, 11) is 0. The van der Waals surface area contributed by atoms with Crippen LogP contribution < -0.4 is 5.32 Å². The predicted octanol–water partition coefficient (Wildman–Crippen LogP) is 1.30. The second kappa shape index (κ2) is 3.44. The van der Waals surface area contributed by atoms with Crippen molar-refractivity contribution in [1.82, 2.24) is 5.32 Å². The first-order chi connectivity index (χ1) is 4.83. The Morgan fingerprint density at radius 1 is 1.70 bits per heavy atom. The maximum Gasteiger partial charge on any atom is 0.429 e. The van der Waals surface area contributed by atoms with E-state index < -0.39 is 6.09 Å². The molecule has 10 heavy (non-hydrogen) atoms. The van der Waals surface area contributed by atoms with Gasteiger partial charge in [-0.25, -0.2) is 10.1 Å². The highest BCUT2D eigenvalue weighted by molar-refractivity contribution is 5.66. The van der Waals surface area contributed by atoms with Crippen molar-refractivity contribution in [1.29, 1.82) is 0 Å². The largest absolute Gasteiger partial charge is 0.445 e. The third-order valence-electron chi connectivity index (χ3n) is 1.61. The van der Waals surface area contributed by atoms with E-state index in [9.17, 15) is 4.79 Å². The maximum atomic E-state index is 10.7. The fraction of sp³-hybridized carbons (Fsp3) is 0.857. The van der Waals surface area contributed by atoms with Crippen molar-refractivity contribution in [3.8, 4) is 0 Å². The molecule has 1 rings (SSSR count). The highest BCUT2D eigenvalue weighted by Crippen LogP contribution is 2.21. The monoisotopic (exact) mass is 142 g/mol. The Balaban J connectivity index is 2.05. The van der Waals surface area contributed by atoms with Crippen molar-refractivity contribution in [3.05, 3.63) is 0 Å². The van der Waals surface area contributed by atoms with Gasteiger partial charge in [0.05, 0.1) is 0 Å². The second-order valence-corrected chi connectivity index (χ2v) is 2.41. The van der Waals surface area contributed by atoms with Crippen LogP contribution in [-0.2, 0) is 4.74 Å². The summed E-state index contributed by atoms with van der Waals surface area (Å²) < 4.78 is 4.92. The van der Waals surface area contributed by atoms with Gasteiger partial charge in [-0.15, -0.1) is 0 Å². The minimum atomic E-state index is -0.396. The van der Waals surface area contributed by atoms with Crippen LogP contribution in [0.15, 0.2) is 0 Å². The van der Waals surface area contributed by atoms with E-state index in [1.807, 2.05) is 6.92 Å². The molecule has 1 amide bonds. The highest BCUT2D eigenvalue weighted by atomic mass is 16.6. The van der Waals surface area contributed by atoms with Gasteiger partial charge in [-0.3, -0.25) is 0 Å². The van der Waals surface area contributed by atoms with Gasteiger partial charge < -0.3 is 4.74 Å². The van der Waals surface area contributed by atoms with Gasteiger partial charge in [0, 0.05) is 6.54 Å². The van der Waals surface area contributed by atoms with Crippen LogP contribution in [0.4, 0.5) is 4.79 Å². The van der Waals surface area contributed by atoms with E-state index in [0.717, 1.165) is 12.8 Å². The molecule has 0 N–H and O–H groups in total. The lowest BCUT2D eigenvalue weighted by Crippen LogP contribution is -2.28. The lowest BCUT2D eigenvalue weighted by Gasteiger charge is -2.24. The molecule has 0 saturated heterocycles. The Morgan fingerprint density at radius 3 is 2.80 bits per heavy atom. The second-order valence-electron chi connectivity index (χ2n) is 2.41. The topological polar surface area (TPSA) is 40.4 Å². The average Bonchev–Trinajstić information content (AvgIpc) is 1.80. The summed E-state index contributed by atoms with van der Waals surface area (Å²) in [6, 6.07) is 0. The molecule has 1 aliphatic rings. The van der Waals surface area contributed by atoms with E-state index >= 15 is 0 Å². The molecule has 0 aromatic heterocycles. The molecule has 0 aliphatic heterocycles. The third-order valence-corrected chi connectivity index (χ3v) is 1.61. The lowest BCUT2D eigenvalue weighted by atomic mass is 9.96. The number of hydrogen-bond donors (Lipinski definition) is 0. The molecule has 57 valence electrons. The van der Waals surface area contributed by atoms with Gasteiger partial charge in [0.1, 0.15) is 6.10 Å². The summed E-state index contributed by atoms with van der Waals surface area (Å²) in [4.78, 5) is 10.7. The zero-order valence-electron chi connectivity index (χ0n) is 6.17. The van der Waals surface area contributed by atoms with Crippen LogP contribution in [-0.4, -0.2) is 18.7 Å². The van der Waals surface area contributed by atoms with Crippen molar-refractivity contribution in [2.45, 2.75) is 32.3 Å². The maximum absolute atomic E-state index is 10.7. The molecule has 3 heteroatoms. The van der Waals surface area contributed by atoms with Gasteiger partial charge in [0.2, 0.25) is 0 Å². The van der Waals surface area contributed by atoms with Crippen LogP contribution in [0.3, 0.4) is 0 Å². The zero-order chi connectivity index (χ0) is 7.40. The molecule has 1 fully saturated rings. The van der Waals surface area contributed by atoms with Gasteiger partial charge in [-0.1, -0.05) is 0 Å². The quantitative estimate of drug-likeness (QED) is 0.583. The Kier molecular flexibility index (Phi) is 2.54. The molecular formula is C7H12NO2. The third kappa shape index (κ3) is 1.90. The average molecular weight is 142 g/mol. The van der Waals surface area contributed by atoms with E-state index in [1.54, 1.807) is 0 Å². The predicted molar refractivity (Wildman–Crippen MR) is 36.8 cm³/mol. The Hall–Kier alpha value is -0.730. The molecule has 1 radical (unpaired) electrons. The first-order valence-corrected chi connectivity index (χ1v) is 3.71. The van der Waals surface area contributed by atoms with Crippen molar-refractivity contribution < 1.29 is 9.53 Å². The standard InChI is InChI=1S/C7H12NO2/c1-2-8-7(9)10-6-4-3-5-6/h6H,2-5H2,1H3. The number of hydrogen-bond acceptors (Lipinski definition) is 2. The van der Waals surface area contributed by atoms with E-state index in [-0.39, 0.29) is 6.10 Å². The number of carbonyl (C=O) groups excluding carboxylic acids is 1. The van der Waals surface area contributed by atoms with Crippen LogP contribution in [0.25, 0.3) is 0 Å². The van der Waals surface area contributed by atoms with Gasteiger partial charge in [-0.2, -0.15) is 0 Å². The van der Waals surface area contributed by atoms with Crippen LogP contribution in [0.5, 0.6) is 0 Å². The number of nitrogens with zero attached hydrogens (tertiary/aromatic N) is 1. The van der Waals surface area contributed by atoms with Crippen molar-refractivity contribution in [2.75, 3.05) is 6.54 Å². The summed E-state index contributed by atoms with van der Waals surface area (Å²) in [6.07, 6.45) is 3.00. The lowest BCUT2D eigenvalue weighted by molar-refractivity contribution is 0.0522. The molecule has 0 spiro atoms. The van der Waals surface area contributed by atoms with Crippen molar-refractivity contribution >= 4 is 6.09 Å². The van der Waals surface area contributed by atoms with Gasteiger partial charge in [0.25, 0.3) is 0 Å². The van der Waals surface area contributed by atoms with Crippen LogP contribution >= 0.6 is 0 Å². The van der Waals surface area contributed by atoms with Crippen molar-refractivity contribution in [3.63, 3.8) is 0 Å². The Labute approximate surface area is 60.7 Å². The molecule has 1 aliphatic carbocycles. The summed E-state index contributed by atoms with van der Waals surface area (Å²) in [6.45, 7) is 2.34. The van der Waals surface area contributed by atoms with E-state index in [2.05, 4.69) is 5.32 Å². The summed E-state index contributed by atoms with van der Waals surface area (Å²) in [5.41, 5.74) is 0. The smallest absolute Gasteiger partial charge is 0.429 e. The van der Waals surface area contributed by atoms with E-state index in [4.69, 9.17) is 4.74 Å². The number of amides is 1. The molecule has 3 nitrogen and oxygen atoms in total. The molecule has 0 bridgehead atoms. The molecule has 0 heterocycles. The highest BCUT2D eigenvalue weighted by Gasteiger charge is 2.21. The van der Waals surface area contributed by atoms with Gasteiger partial charge >= 0.3 is 6.09 Å². The first kappa shape index (κ1) is 7.38. The van der Waals surface area contributed by atoms with Gasteiger partial charge in [0.15, 0.2) is 0 Å². The van der Waals surface area contributed by atoms with Crippen molar-refractivity contribution in [2.24, 2.45) is 0 Å². The Bertz CT molecular complexity index is 121. The molecular weight excluding hydrogens is 130 g/mol. The molecule has 0 aromatic carbocycles. The van der Waals surface area contributed by atoms with Crippen LogP contribution in [0, 0.1) is 0 Å². The normalized spacial score (nSPS) is 17.7. The minimum absolute atomic E-state index is 0.169. The molecule has 0 aromatic rings. The molecule has 0 unspecified atom stereocenters. The number of carbonyl (C=O) groups is 1. The number of ether oxygens (including phenoxy) is 1. The molecule has 0 atom stereocenters. The number of rotatable bonds is 2. The zero-order valence-corrected chi connectivity index (χ0v) is 6.17. The summed E-state index contributed by atoms with van der Waals surface area (Å²) >= 11 is 0.